The van der Waals surface area contributed by atoms with Gasteiger partial charge in [-0.3, -0.25) is 4.48 Å². The highest BCUT2D eigenvalue weighted by molar-refractivity contribution is 5.80. The number of quaternary nitrogens is 1. The third kappa shape index (κ3) is 4.80. The highest BCUT2D eigenvalue weighted by Gasteiger charge is 2.22. The maximum absolute atomic E-state index is 11.3. The molecule has 1 amide bonds. The van der Waals surface area contributed by atoms with E-state index in [0.29, 0.717) is 4.48 Å². The van der Waals surface area contributed by atoms with Crippen molar-refractivity contribution in [1.29, 1.82) is 0 Å². The van der Waals surface area contributed by atoms with Crippen LogP contribution in [0.2, 0.25) is 0 Å². The Hall–Kier alpha value is -0.670. The summed E-state index contributed by atoms with van der Waals surface area (Å²) in [5, 5.41) is 0. The maximum atomic E-state index is 11.3. The first-order chi connectivity index (χ1) is 5.90. The summed E-state index contributed by atoms with van der Waals surface area (Å²) in [6.07, 6.45) is 2.43. The molecule has 0 heterocycles. The van der Waals surface area contributed by atoms with Gasteiger partial charge in [0.25, 0.3) is 0 Å². The molecule has 0 rings (SSSR count). The van der Waals surface area contributed by atoms with E-state index >= 15 is 0 Å². The Morgan fingerprint density at radius 3 is 2.38 bits per heavy atom. The molecule has 76 valence electrons. The van der Waals surface area contributed by atoms with E-state index in [2.05, 4.69) is 11.5 Å². The van der Waals surface area contributed by atoms with E-state index in [0.717, 1.165) is 19.5 Å². The summed E-state index contributed by atoms with van der Waals surface area (Å²) in [6.45, 7) is 5.38. The first-order valence-corrected chi connectivity index (χ1v) is 4.55. The van der Waals surface area contributed by atoms with Crippen molar-refractivity contribution in [3.8, 4) is 0 Å². The zero-order valence-corrected chi connectivity index (χ0v) is 9.21. The molecule has 0 aliphatic rings. The topological polar surface area (TPSA) is 20.3 Å². The molecule has 0 spiro atoms. The summed E-state index contributed by atoms with van der Waals surface area (Å²) >= 11 is 0. The molecule has 3 nitrogen and oxygen atoms in total. The number of likely N-dealkylation sites (N-methyl/N-ethyl adjacent to an activating group) is 1. The Bertz CT molecular complexity index is 185. The Balaban J connectivity index is 3.89. The SMILES string of the molecule is C=CC(=O)[N+](C)(C)CCCN(C)C. The van der Waals surface area contributed by atoms with Gasteiger partial charge in [0.1, 0.15) is 0 Å². The van der Waals surface area contributed by atoms with Crippen molar-refractivity contribution in [3.05, 3.63) is 12.7 Å². The molecule has 0 aromatic rings. The summed E-state index contributed by atoms with van der Waals surface area (Å²) in [5.41, 5.74) is 0. The molecule has 0 bridgehead atoms. The van der Waals surface area contributed by atoms with E-state index in [-0.39, 0.29) is 5.91 Å². The first kappa shape index (κ1) is 12.3. The van der Waals surface area contributed by atoms with Gasteiger partial charge >= 0.3 is 5.91 Å². The highest BCUT2D eigenvalue weighted by Crippen LogP contribution is 2.01. The van der Waals surface area contributed by atoms with Crippen molar-refractivity contribution in [2.45, 2.75) is 6.42 Å². The number of hydrogen-bond donors (Lipinski definition) is 0. The Morgan fingerprint density at radius 1 is 1.46 bits per heavy atom. The van der Waals surface area contributed by atoms with Crippen LogP contribution in [0.4, 0.5) is 0 Å². The molecule has 0 unspecified atom stereocenters. The summed E-state index contributed by atoms with van der Waals surface area (Å²) in [4.78, 5) is 13.5. The van der Waals surface area contributed by atoms with Gasteiger partial charge in [-0.1, -0.05) is 6.58 Å². The van der Waals surface area contributed by atoms with Gasteiger partial charge in [-0.25, -0.2) is 4.79 Å². The summed E-state index contributed by atoms with van der Waals surface area (Å²) < 4.78 is 0.400. The lowest BCUT2D eigenvalue weighted by molar-refractivity contribution is -0.811. The van der Waals surface area contributed by atoms with Crippen LogP contribution in [0.5, 0.6) is 0 Å². The predicted molar refractivity (Wildman–Crippen MR) is 55.4 cm³/mol. The monoisotopic (exact) mass is 185 g/mol. The van der Waals surface area contributed by atoms with E-state index in [4.69, 9.17) is 0 Å². The van der Waals surface area contributed by atoms with Crippen molar-refractivity contribution >= 4 is 5.91 Å². The molecular weight excluding hydrogens is 164 g/mol. The van der Waals surface area contributed by atoms with Crippen molar-refractivity contribution in [3.63, 3.8) is 0 Å². The molecule has 0 fully saturated rings. The van der Waals surface area contributed by atoms with Gasteiger partial charge < -0.3 is 4.90 Å². The molecule has 0 atom stereocenters. The lowest BCUT2D eigenvalue weighted by Gasteiger charge is -2.25. The predicted octanol–water partition coefficient (Wildman–Crippen LogP) is 0.727. The Labute approximate surface area is 81.2 Å². The molecule has 0 aliphatic carbocycles. The van der Waals surface area contributed by atoms with E-state index in [1.165, 1.54) is 6.08 Å². The fourth-order valence-corrected chi connectivity index (χ4v) is 1.14. The molecule has 0 saturated heterocycles. The van der Waals surface area contributed by atoms with E-state index in [9.17, 15) is 4.79 Å². The number of amides is 1. The van der Waals surface area contributed by atoms with Gasteiger partial charge in [-0.05, 0) is 14.1 Å². The first-order valence-electron chi connectivity index (χ1n) is 4.55. The molecule has 0 saturated carbocycles. The molecule has 0 aromatic heterocycles. The van der Waals surface area contributed by atoms with Crippen LogP contribution in [0, 0.1) is 0 Å². The molecule has 0 N–H and O–H groups in total. The van der Waals surface area contributed by atoms with Crippen molar-refractivity contribution < 1.29 is 9.28 Å². The Morgan fingerprint density at radius 2 is 2.00 bits per heavy atom. The third-order valence-corrected chi connectivity index (χ3v) is 2.09. The van der Waals surface area contributed by atoms with Crippen LogP contribution in [-0.4, -0.2) is 56.6 Å². The van der Waals surface area contributed by atoms with Gasteiger partial charge in [0, 0.05) is 19.0 Å². The second kappa shape index (κ2) is 5.14. The van der Waals surface area contributed by atoms with Gasteiger partial charge in [-0.15, -0.1) is 0 Å². The van der Waals surface area contributed by atoms with Crippen molar-refractivity contribution in [2.75, 3.05) is 41.3 Å². The summed E-state index contributed by atoms with van der Waals surface area (Å²) in [5.74, 6) is 0.0822. The zero-order chi connectivity index (χ0) is 10.5. The quantitative estimate of drug-likeness (QED) is 0.465. The van der Waals surface area contributed by atoms with Gasteiger partial charge in [0.05, 0.1) is 20.6 Å². The largest absolute Gasteiger partial charge is 0.337 e. The smallest absolute Gasteiger partial charge is 0.309 e. The summed E-state index contributed by atoms with van der Waals surface area (Å²) in [6, 6.07) is 0. The van der Waals surface area contributed by atoms with E-state index < -0.39 is 0 Å². The Kier molecular flexibility index (Phi) is 4.88. The third-order valence-electron chi connectivity index (χ3n) is 2.09. The van der Waals surface area contributed by atoms with Crippen LogP contribution >= 0.6 is 0 Å². The van der Waals surface area contributed by atoms with E-state index in [1.807, 2.05) is 28.2 Å². The van der Waals surface area contributed by atoms with Gasteiger partial charge in [-0.2, -0.15) is 0 Å². The minimum Gasteiger partial charge on any atom is -0.309 e. The van der Waals surface area contributed by atoms with Crippen molar-refractivity contribution in [1.82, 2.24) is 4.90 Å². The number of rotatable bonds is 5. The number of hydrogen-bond acceptors (Lipinski definition) is 2. The number of carbonyl (C=O) groups excluding carboxylic acids is 1. The average molecular weight is 185 g/mol. The fourth-order valence-electron chi connectivity index (χ4n) is 1.14. The minimum atomic E-state index is 0.0822. The maximum Gasteiger partial charge on any atom is 0.337 e. The molecule has 13 heavy (non-hydrogen) atoms. The number of carbonyl (C=O) groups is 1. The second-order valence-electron chi connectivity index (χ2n) is 4.11. The van der Waals surface area contributed by atoms with Crippen LogP contribution < -0.4 is 0 Å². The minimum absolute atomic E-state index is 0.0822. The number of nitrogens with zero attached hydrogens (tertiary/aromatic N) is 2. The van der Waals surface area contributed by atoms with Crippen LogP contribution in [0.1, 0.15) is 6.42 Å². The second-order valence-corrected chi connectivity index (χ2v) is 4.11. The van der Waals surface area contributed by atoms with Crippen LogP contribution in [-0.2, 0) is 4.79 Å². The van der Waals surface area contributed by atoms with Gasteiger partial charge in [0.2, 0.25) is 0 Å². The standard InChI is InChI=1S/C10H21N2O/c1-6-10(13)12(4,5)9-7-8-11(2)3/h6H,1,7-9H2,2-5H3/q+1. The molecular formula is C10H21N2O+. The molecule has 0 aromatic carbocycles. The highest BCUT2D eigenvalue weighted by atomic mass is 16.2. The van der Waals surface area contributed by atoms with Crippen LogP contribution in [0.25, 0.3) is 0 Å². The average Bonchev–Trinajstić information content (AvgIpc) is 2.01. The van der Waals surface area contributed by atoms with Crippen LogP contribution in [0.15, 0.2) is 12.7 Å². The molecule has 0 aliphatic heterocycles. The van der Waals surface area contributed by atoms with Gasteiger partial charge in [0.15, 0.2) is 0 Å². The lowest BCUT2D eigenvalue weighted by atomic mass is 10.3. The molecule has 3 heteroatoms. The zero-order valence-electron chi connectivity index (χ0n) is 9.21. The van der Waals surface area contributed by atoms with Crippen molar-refractivity contribution in [2.24, 2.45) is 0 Å². The lowest BCUT2D eigenvalue weighted by Crippen LogP contribution is -2.45. The van der Waals surface area contributed by atoms with Crippen LogP contribution in [0.3, 0.4) is 0 Å². The molecule has 0 radical (unpaired) electrons. The normalized spacial score (nSPS) is 11.8. The fraction of sp³-hybridized carbons (Fsp3) is 0.700. The van der Waals surface area contributed by atoms with E-state index in [1.54, 1.807) is 0 Å². The summed E-state index contributed by atoms with van der Waals surface area (Å²) in [7, 11) is 7.91.